The van der Waals surface area contributed by atoms with E-state index in [2.05, 4.69) is 10.2 Å². The normalized spacial score (nSPS) is 18.0. The Morgan fingerprint density at radius 2 is 1.86 bits per heavy atom. The Morgan fingerprint density at radius 1 is 1.18 bits per heavy atom. The zero-order valence-corrected chi connectivity index (χ0v) is 16.7. The molecule has 150 valence electrons. The molecular formula is C19H22ClN3O4S. The second-order valence-electron chi connectivity index (χ2n) is 6.58. The first kappa shape index (κ1) is 20.8. The van der Waals surface area contributed by atoms with E-state index in [4.69, 9.17) is 21.5 Å². The summed E-state index contributed by atoms with van der Waals surface area (Å²) in [6.07, 6.45) is 0.282. The molecule has 0 radical (unpaired) electrons. The zero-order valence-electron chi connectivity index (χ0n) is 15.2. The quantitative estimate of drug-likeness (QED) is 0.742. The number of rotatable bonds is 6. The summed E-state index contributed by atoms with van der Waals surface area (Å²) in [5.74, 6) is -0.141. The third kappa shape index (κ3) is 5.76. The zero-order chi connectivity index (χ0) is 20.1. The summed E-state index contributed by atoms with van der Waals surface area (Å²) in [6.45, 7) is 2.68. The highest BCUT2D eigenvalue weighted by molar-refractivity contribution is 7.89. The number of morpholine rings is 1. The van der Waals surface area contributed by atoms with Gasteiger partial charge in [-0.1, -0.05) is 23.7 Å². The van der Waals surface area contributed by atoms with Gasteiger partial charge in [-0.15, -0.1) is 0 Å². The summed E-state index contributed by atoms with van der Waals surface area (Å²) in [5, 5.41) is 8.51. The lowest BCUT2D eigenvalue weighted by atomic mass is 10.1. The van der Waals surface area contributed by atoms with Crippen molar-refractivity contribution in [1.29, 1.82) is 0 Å². The molecule has 1 aliphatic heterocycles. The molecule has 9 heteroatoms. The number of nitrogens with two attached hydrogens (primary N) is 1. The molecule has 0 bridgehead atoms. The summed E-state index contributed by atoms with van der Waals surface area (Å²) in [4.78, 5) is 14.4. The minimum Gasteiger partial charge on any atom is -0.371 e. The van der Waals surface area contributed by atoms with Gasteiger partial charge in [0.1, 0.15) is 0 Å². The number of ether oxygens (including phenoxy) is 1. The molecule has 3 rings (SSSR count). The van der Waals surface area contributed by atoms with Gasteiger partial charge in [-0.3, -0.25) is 9.69 Å². The number of hydrogen-bond donors (Lipinski definition) is 2. The van der Waals surface area contributed by atoms with Crippen molar-refractivity contribution in [2.24, 2.45) is 5.14 Å². The average Bonchev–Trinajstić information content (AvgIpc) is 2.67. The van der Waals surface area contributed by atoms with Crippen molar-refractivity contribution in [2.75, 3.05) is 31.6 Å². The summed E-state index contributed by atoms with van der Waals surface area (Å²) in [7, 11) is -3.74. The Kier molecular flexibility index (Phi) is 6.69. The van der Waals surface area contributed by atoms with Gasteiger partial charge in [-0.2, -0.15) is 0 Å². The fraction of sp³-hybridized carbons (Fsp3) is 0.316. The van der Waals surface area contributed by atoms with Crippen molar-refractivity contribution in [1.82, 2.24) is 4.90 Å². The molecule has 3 N–H and O–H groups in total. The SMILES string of the molecule is NS(=O)(=O)c1ccc(NC(=O)CCN2CCO[C@H](c3ccc(Cl)cc3)C2)cc1. The molecule has 7 nitrogen and oxygen atoms in total. The van der Waals surface area contributed by atoms with E-state index in [0.717, 1.165) is 12.1 Å². The summed E-state index contributed by atoms with van der Waals surface area (Å²) in [6, 6.07) is 13.4. The van der Waals surface area contributed by atoms with Crippen LogP contribution in [0.4, 0.5) is 5.69 Å². The molecule has 2 aromatic rings. The van der Waals surface area contributed by atoms with Gasteiger partial charge in [-0.25, -0.2) is 13.6 Å². The van der Waals surface area contributed by atoms with Gasteiger partial charge in [0.2, 0.25) is 15.9 Å². The maximum Gasteiger partial charge on any atom is 0.238 e. The van der Waals surface area contributed by atoms with E-state index in [9.17, 15) is 13.2 Å². The Bertz CT molecular complexity index is 917. The maximum absolute atomic E-state index is 12.2. The Labute approximate surface area is 169 Å². The molecule has 1 fully saturated rings. The van der Waals surface area contributed by atoms with Crippen molar-refractivity contribution in [3.63, 3.8) is 0 Å². The summed E-state index contributed by atoms with van der Waals surface area (Å²) >= 11 is 5.93. The standard InChI is InChI=1S/C19H22ClN3O4S/c20-15-3-1-14(2-4-15)18-13-23(11-12-27-18)10-9-19(24)22-16-5-7-17(8-6-16)28(21,25)26/h1-8,18H,9-13H2,(H,22,24)(H2,21,25,26)/t18-/m0/s1. The van der Waals surface area contributed by atoms with Crippen LogP contribution < -0.4 is 10.5 Å². The van der Waals surface area contributed by atoms with E-state index in [1.54, 1.807) is 0 Å². The van der Waals surface area contributed by atoms with Crippen LogP contribution in [0.1, 0.15) is 18.1 Å². The Balaban J connectivity index is 1.49. The van der Waals surface area contributed by atoms with E-state index in [1.807, 2.05) is 24.3 Å². The molecule has 1 atom stereocenters. The highest BCUT2D eigenvalue weighted by atomic mass is 35.5. The van der Waals surface area contributed by atoms with Gasteiger partial charge in [0.25, 0.3) is 0 Å². The van der Waals surface area contributed by atoms with E-state index in [0.29, 0.717) is 36.8 Å². The number of carbonyl (C=O) groups is 1. The van der Waals surface area contributed by atoms with E-state index < -0.39 is 10.0 Å². The van der Waals surface area contributed by atoms with Gasteiger partial charge in [0.15, 0.2) is 0 Å². The van der Waals surface area contributed by atoms with E-state index >= 15 is 0 Å². The van der Waals surface area contributed by atoms with Crippen molar-refractivity contribution in [2.45, 2.75) is 17.4 Å². The summed E-state index contributed by atoms with van der Waals surface area (Å²) < 4.78 is 28.3. The first-order chi connectivity index (χ1) is 13.3. The third-order valence-electron chi connectivity index (χ3n) is 4.51. The van der Waals surface area contributed by atoms with Crippen LogP contribution >= 0.6 is 11.6 Å². The number of carbonyl (C=O) groups excluding carboxylic acids is 1. The number of hydrogen-bond acceptors (Lipinski definition) is 5. The number of halogens is 1. The molecule has 1 aliphatic rings. The predicted octanol–water partition coefficient (Wildman–Crippen LogP) is 2.39. The lowest BCUT2D eigenvalue weighted by Gasteiger charge is -2.33. The molecule has 1 saturated heterocycles. The van der Waals surface area contributed by atoms with Crippen molar-refractivity contribution >= 4 is 33.2 Å². The molecule has 1 heterocycles. The number of sulfonamides is 1. The molecule has 0 aromatic heterocycles. The smallest absolute Gasteiger partial charge is 0.238 e. The molecule has 0 aliphatic carbocycles. The van der Waals surface area contributed by atoms with Crippen LogP contribution in [0.15, 0.2) is 53.4 Å². The number of nitrogens with zero attached hydrogens (tertiary/aromatic N) is 1. The van der Waals surface area contributed by atoms with Gasteiger partial charge in [-0.05, 0) is 42.0 Å². The van der Waals surface area contributed by atoms with Crippen LogP contribution in [-0.2, 0) is 19.6 Å². The fourth-order valence-electron chi connectivity index (χ4n) is 3.00. The summed E-state index contributed by atoms with van der Waals surface area (Å²) in [5.41, 5.74) is 1.59. The topological polar surface area (TPSA) is 102 Å². The number of primary sulfonamides is 1. The number of benzene rings is 2. The van der Waals surface area contributed by atoms with Gasteiger partial charge in [0.05, 0.1) is 17.6 Å². The van der Waals surface area contributed by atoms with E-state index in [1.165, 1.54) is 24.3 Å². The molecular weight excluding hydrogens is 402 g/mol. The van der Waals surface area contributed by atoms with Crippen LogP contribution in [0.5, 0.6) is 0 Å². The fourth-order valence-corrected chi connectivity index (χ4v) is 3.64. The number of nitrogens with one attached hydrogen (secondary N) is 1. The van der Waals surface area contributed by atoms with Gasteiger partial charge in [0, 0.05) is 36.8 Å². The Morgan fingerprint density at radius 3 is 2.50 bits per heavy atom. The first-order valence-corrected chi connectivity index (χ1v) is 10.8. The lowest BCUT2D eigenvalue weighted by molar-refractivity contribution is -0.117. The van der Waals surface area contributed by atoms with Crippen LogP contribution in [0, 0.1) is 0 Å². The Hall–Kier alpha value is -1.97. The van der Waals surface area contributed by atoms with Crippen LogP contribution in [0.25, 0.3) is 0 Å². The highest BCUT2D eigenvalue weighted by Crippen LogP contribution is 2.23. The molecule has 28 heavy (non-hydrogen) atoms. The van der Waals surface area contributed by atoms with Crippen molar-refractivity contribution in [3.8, 4) is 0 Å². The third-order valence-corrected chi connectivity index (χ3v) is 5.70. The van der Waals surface area contributed by atoms with Gasteiger partial charge < -0.3 is 10.1 Å². The molecule has 0 saturated carbocycles. The second kappa shape index (κ2) is 9.02. The highest BCUT2D eigenvalue weighted by Gasteiger charge is 2.22. The largest absolute Gasteiger partial charge is 0.371 e. The number of anilines is 1. The molecule has 2 aromatic carbocycles. The molecule has 0 spiro atoms. The minimum absolute atomic E-state index is 0.00653. The lowest BCUT2D eigenvalue weighted by Crippen LogP contribution is -2.39. The molecule has 1 amide bonds. The maximum atomic E-state index is 12.2. The minimum atomic E-state index is -3.74. The monoisotopic (exact) mass is 423 g/mol. The molecule has 0 unspecified atom stereocenters. The van der Waals surface area contributed by atoms with Crippen molar-refractivity contribution in [3.05, 3.63) is 59.1 Å². The van der Waals surface area contributed by atoms with E-state index in [-0.39, 0.29) is 16.9 Å². The second-order valence-corrected chi connectivity index (χ2v) is 8.58. The van der Waals surface area contributed by atoms with Crippen LogP contribution in [0.2, 0.25) is 5.02 Å². The first-order valence-electron chi connectivity index (χ1n) is 8.83. The van der Waals surface area contributed by atoms with Crippen molar-refractivity contribution < 1.29 is 17.9 Å². The van der Waals surface area contributed by atoms with Crippen LogP contribution in [-0.4, -0.2) is 45.5 Å². The van der Waals surface area contributed by atoms with Crippen LogP contribution in [0.3, 0.4) is 0 Å². The average molecular weight is 424 g/mol. The van der Waals surface area contributed by atoms with Gasteiger partial charge >= 0.3 is 0 Å². The predicted molar refractivity (Wildman–Crippen MR) is 108 cm³/mol. The number of amides is 1.